The second-order valence-corrected chi connectivity index (χ2v) is 4.60. The van der Waals surface area contributed by atoms with Gasteiger partial charge in [-0.15, -0.1) is 0 Å². The lowest BCUT2D eigenvalue weighted by Gasteiger charge is -2.45. The van der Waals surface area contributed by atoms with E-state index in [0.717, 1.165) is 19.3 Å². The largest absolute Gasteiger partial charge is 0.378 e. The van der Waals surface area contributed by atoms with Crippen molar-refractivity contribution >= 4 is 0 Å². The molecule has 0 fully saturated rings. The fourth-order valence-electron chi connectivity index (χ4n) is 2.16. The molecule has 0 saturated carbocycles. The molecule has 0 rings (SSSR count). The summed E-state index contributed by atoms with van der Waals surface area (Å²) in [6, 6.07) is 0. The Morgan fingerprint density at radius 3 is 2.00 bits per heavy atom. The summed E-state index contributed by atoms with van der Waals surface area (Å²) in [5.74, 6) is 0. The molecule has 0 aromatic rings. The van der Waals surface area contributed by atoms with E-state index in [4.69, 9.17) is 11.5 Å². The summed E-state index contributed by atoms with van der Waals surface area (Å²) in [6.07, 6.45) is 2.94. The van der Waals surface area contributed by atoms with Gasteiger partial charge in [-0.1, -0.05) is 33.1 Å². The molecule has 0 aliphatic rings. The van der Waals surface area contributed by atoms with E-state index in [-0.39, 0.29) is 0 Å². The monoisotopic (exact) mass is 218 g/mol. The molecule has 0 aliphatic carbocycles. The van der Waals surface area contributed by atoms with Gasteiger partial charge in [-0.05, 0) is 19.8 Å². The molecule has 0 aromatic carbocycles. The van der Waals surface area contributed by atoms with E-state index in [1.807, 2.05) is 6.92 Å². The summed E-state index contributed by atoms with van der Waals surface area (Å²) in [7, 11) is 0. The molecule has 0 aromatic heterocycles. The molecule has 3 atom stereocenters. The molecule has 4 heteroatoms. The summed E-state index contributed by atoms with van der Waals surface area (Å²) < 4.78 is 0. The SMILES string of the molecule is CCCCC(CCC)(C(N)O)C(C)(N)O. The summed E-state index contributed by atoms with van der Waals surface area (Å²) in [6.45, 7) is 5.58. The highest BCUT2D eigenvalue weighted by atomic mass is 16.3. The Morgan fingerprint density at radius 2 is 1.73 bits per heavy atom. The number of hydrogen-bond acceptors (Lipinski definition) is 4. The molecule has 0 bridgehead atoms. The van der Waals surface area contributed by atoms with Crippen molar-refractivity contribution in [3.63, 3.8) is 0 Å². The number of unbranched alkanes of at least 4 members (excludes halogenated alkanes) is 1. The van der Waals surface area contributed by atoms with Crippen molar-refractivity contribution in [2.45, 2.75) is 64.8 Å². The molecule has 0 aliphatic heterocycles. The number of hydrogen-bond donors (Lipinski definition) is 4. The van der Waals surface area contributed by atoms with Crippen LogP contribution in [0.5, 0.6) is 0 Å². The molecule has 3 unspecified atom stereocenters. The van der Waals surface area contributed by atoms with Crippen LogP contribution in [0.4, 0.5) is 0 Å². The molecule has 0 saturated heterocycles. The van der Waals surface area contributed by atoms with Crippen molar-refractivity contribution in [2.75, 3.05) is 0 Å². The minimum absolute atomic E-state index is 0.633. The van der Waals surface area contributed by atoms with Gasteiger partial charge >= 0.3 is 0 Å². The molecule has 0 spiro atoms. The van der Waals surface area contributed by atoms with Crippen LogP contribution < -0.4 is 11.5 Å². The number of aliphatic hydroxyl groups excluding tert-OH is 1. The minimum Gasteiger partial charge on any atom is -0.378 e. The van der Waals surface area contributed by atoms with E-state index in [1.54, 1.807) is 0 Å². The topological polar surface area (TPSA) is 92.5 Å². The zero-order valence-corrected chi connectivity index (χ0v) is 10.2. The van der Waals surface area contributed by atoms with E-state index in [2.05, 4.69) is 6.92 Å². The third kappa shape index (κ3) is 3.41. The highest BCUT2D eigenvalue weighted by molar-refractivity contribution is 4.95. The molecule has 15 heavy (non-hydrogen) atoms. The Bertz CT molecular complexity index is 178. The maximum Gasteiger partial charge on any atom is 0.120 e. The van der Waals surface area contributed by atoms with Gasteiger partial charge < -0.3 is 21.7 Å². The molecule has 0 heterocycles. The lowest BCUT2D eigenvalue weighted by Crippen LogP contribution is -2.61. The second-order valence-electron chi connectivity index (χ2n) is 4.60. The van der Waals surface area contributed by atoms with E-state index in [1.165, 1.54) is 6.92 Å². The van der Waals surface area contributed by atoms with Crippen LogP contribution in [-0.4, -0.2) is 22.2 Å². The highest BCUT2D eigenvalue weighted by Crippen LogP contribution is 2.40. The average Bonchev–Trinajstić information content (AvgIpc) is 2.09. The van der Waals surface area contributed by atoms with Crippen LogP contribution in [0.15, 0.2) is 0 Å². The van der Waals surface area contributed by atoms with E-state index in [9.17, 15) is 10.2 Å². The van der Waals surface area contributed by atoms with Crippen LogP contribution in [0.2, 0.25) is 0 Å². The lowest BCUT2D eigenvalue weighted by atomic mass is 9.70. The molecule has 6 N–H and O–H groups in total. The molecular weight excluding hydrogens is 192 g/mol. The van der Waals surface area contributed by atoms with E-state index in [0.29, 0.717) is 12.8 Å². The zero-order chi connectivity index (χ0) is 12.1. The smallest absolute Gasteiger partial charge is 0.120 e. The first-order chi connectivity index (χ1) is 6.81. The number of aliphatic hydroxyl groups is 2. The van der Waals surface area contributed by atoms with Gasteiger partial charge in [0.25, 0.3) is 0 Å². The van der Waals surface area contributed by atoms with Crippen molar-refractivity contribution in [3.05, 3.63) is 0 Å². The van der Waals surface area contributed by atoms with Crippen molar-refractivity contribution < 1.29 is 10.2 Å². The maximum absolute atomic E-state index is 9.99. The predicted octanol–water partition coefficient (Wildman–Crippen LogP) is 0.907. The fourth-order valence-corrected chi connectivity index (χ4v) is 2.16. The Morgan fingerprint density at radius 1 is 1.20 bits per heavy atom. The van der Waals surface area contributed by atoms with Gasteiger partial charge in [-0.2, -0.15) is 0 Å². The zero-order valence-electron chi connectivity index (χ0n) is 10.2. The van der Waals surface area contributed by atoms with Crippen molar-refractivity contribution in [1.82, 2.24) is 0 Å². The predicted molar refractivity (Wildman–Crippen MR) is 61.9 cm³/mol. The van der Waals surface area contributed by atoms with Gasteiger partial charge in [0.1, 0.15) is 12.0 Å². The standard InChI is InChI=1S/C11H26N2O2/c1-4-6-8-11(7-5-2,9(12)14)10(3,13)15/h9,14-15H,4-8,12-13H2,1-3H3. The second kappa shape index (κ2) is 5.80. The third-order valence-electron chi connectivity index (χ3n) is 3.25. The van der Waals surface area contributed by atoms with Gasteiger partial charge in [0, 0.05) is 0 Å². The Labute approximate surface area is 92.7 Å². The van der Waals surface area contributed by atoms with Gasteiger partial charge in [-0.25, -0.2) is 0 Å². The first-order valence-electron chi connectivity index (χ1n) is 5.76. The minimum atomic E-state index is -1.44. The van der Waals surface area contributed by atoms with Crippen molar-refractivity contribution in [3.8, 4) is 0 Å². The van der Waals surface area contributed by atoms with Crippen LogP contribution in [-0.2, 0) is 0 Å². The lowest BCUT2D eigenvalue weighted by molar-refractivity contribution is -0.140. The Kier molecular flexibility index (Phi) is 5.73. The van der Waals surface area contributed by atoms with Crippen LogP contribution in [0, 0.1) is 5.41 Å². The first-order valence-corrected chi connectivity index (χ1v) is 5.76. The molecule has 4 nitrogen and oxygen atoms in total. The summed E-state index contributed by atoms with van der Waals surface area (Å²) in [4.78, 5) is 0. The summed E-state index contributed by atoms with van der Waals surface area (Å²) in [5.41, 5.74) is 9.13. The molecule has 0 radical (unpaired) electrons. The van der Waals surface area contributed by atoms with Crippen LogP contribution in [0.1, 0.15) is 52.9 Å². The van der Waals surface area contributed by atoms with Gasteiger partial charge in [0.2, 0.25) is 0 Å². The van der Waals surface area contributed by atoms with Crippen LogP contribution in [0.25, 0.3) is 0 Å². The molecule has 0 amide bonds. The molecule has 92 valence electrons. The van der Waals surface area contributed by atoms with Crippen LogP contribution in [0.3, 0.4) is 0 Å². The van der Waals surface area contributed by atoms with Gasteiger partial charge in [0.15, 0.2) is 0 Å². The van der Waals surface area contributed by atoms with Gasteiger partial charge in [-0.3, -0.25) is 0 Å². The van der Waals surface area contributed by atoms with Gasteiger partial charge in [0.05, 0.1) is 5.41 Å². The fraction of sp³-hybridized carbons (Fsp3) is 1.00. The third-order valence-corrected chi connectivity index (χ3v) is 3.25. The highest BCUT2D eigenvalue weighted by Gasteiger charge is 2.47. The Balaban J connectivity index is 4.90. The van der Waals surface area contributed by atoms with E-state index >= 15 is 0 Å². The summed E-state index contributed by atoms with van der Waals surface area (Å²) >= 11 is 0. The molecular formula is C11H26N2O2. The van der Waals surface area contributed by atoms with E-state index < -0.39 is 17.4 Å². The number of rotatable bonds is 7. The normalized spacial score (nSPS) is 21.8. The Hall–Kier alpha value is -0.160. The van der Waals surface area contributed by atoms with Crippen molar-refractivity contribution in [2.24, 2.45) is 16.9 Å². The first kappa shape index (κ1) is 14.8. The number of nitrogens with two attached hydrogens (primary N) is 2. The quantitative estimate of drug-likeness (QED) is 0.478. The maximum atomic E-state index is 9.99. The average molecular weight is 218 g/mol. The van der Waals surface area contributed by atoms with Crippen LogP contribution >= 0.6 is 0 Å². The summed E-state index contributed by atoms with van der Waals surface area (Å²) in [5, 5.41) is 19.7. The van der Waals surface area contributed by atoms with Crippen molar-refractivity contribution in [1.29, 1.82) is 0 Å².